The van der Waals surface area contributed by atoms with E-state index in [4.69, 9.17) is 9.47 Å². The molecule has 2 rings (SSSR count). The van der Waals surface area contributed by atoms with Crippen molar-refractivity contribution >= 4 is 35.5 Å². The van der Waals surface area contributed by atoms with Gasteiger partial charge >= 0.3 is 11.9 Å². The van der Waals surface area contributed by atoms with Crippen molar-refractivity contribution in [1.82, 2.24) is 4.90 Å². The van der Waals surface area contributed by atoms with E-state index in [1.807, 2.05) is 23.5 Å². The fourth-order valence-electron chi connectivity index (χ4n) is 9.11. The normalized spacial score (nSPS) is 17.6. The van der Waals surface area contributed by atoms with E-state index in [-0.39, 0.29) is 30.8 Å². The molecule has 3 atom stereocenters. The Balaban J connectivity index is 1.68. The van der Waals surface area contributed by atoms with E-state index in [1.165, 1.54) is 128 Å². The molecule has 0 aromatic carbocycles. The number of carbonyl (C=O) groups is 2. The standard InChI is InChI=1S/C49H93NO6S2/c1-4-6-8-20-30-46(55-48(53)34-32-42-24-14-10-15-25-42)40-57-36-22-12-18-28-44(50(3)38-45(52)39-51)29-19-13-23-37-58-41-47(31-21-9-7-5-2)56-49(54)35-33-43-26-16-11-17-27-43/h42-47,51-52H,4-41H2,1-3H3. The molecule has 0 bridgehead atoms. The third-order valence-corrected chi connectivity index (χ3v) is 15.3. The van der Waals surface area contributed by atoms with Crippen LogP contribution < -0.4 is 0 Å². The van der Waals surface area contributed by atoms with E-state index in [2.05, 4.69) is 25.8 Å². The maximum atomic E-state index is 12.8. The van der Waals surface area contributed by atoms with Crippen molar-refractivity contribution in [1.29, 1.82) is 0 Å². The van der Waals surface area contributed by atoms with Crippen LogP contribution in [0.3, 0.4) is 0 Å². The lowest BCUT2D eigenvalue weighted by Crippen LogP contribution is -2.39. The SMILES string of the molecule is CCCCCCC(CSCCCCCC(CCCCCSCC(CCCCCC)OC(=O)CCC1CCCCC1)N(C)CC(O)CO)OC(=O)CCC1CCCCC1. The molecule has 2 N–H and O–H groups in total. The molecule has 9 heteroatoms. The molecule has 7 nitrogen and oxygen atoms in total. The van der Waals surface area contributed by atoms with Crippen LogP contribution in [0.5, 0.6) is 0 Å². The number of ether oxygens (including phenoxy) is 2. The molecule has 58 heavy (non-hydrogen) atoms. The Morgan fingerprint density at radius 2 is 1.02 bits per heavy atom. The van der Waals surface area contributed by atoms with Gasteiger partial charge in [0.1, 0.15) is 12.2 Å². The smallest absolute Gasteiger partial charge is 0.306 e. The second kappa shape index (κ2) is 37.1. The average molecular weight is 856 g/mol. The number of aliphatic hydroxyl groups is 2. The van der Waals surface area contributed by atoms with E-state index in [0.717, 1.165) is 99.1 Å². The first kappa shape index (κ1) is 53.7. The lowest BCUT2D eigenvalue weighted by Gasteiger charge is -2.29. The maximum Gasteiger partial charge on any atom is 0.306 e. The number of nitrogens with zero attached hydrogens (tertiary/aromatic N) is 1. The summed E-state index contributed by atoms with van der Waals surface area (Å²) in [6, 6.07) is 0.405. The van der Waals surface area contributed by atoms with Gasteiger partial charge in [-0.15, -0.1) is 0 Å². The molecule has 3 unspecified atom stereocenters. The zero-order chi connectivity index (χ0) is 41.9. The van der Waals surface area contributed by atoms with E-state index in [1.54, 1.807) is 0 Å². The fourth-order valence-corrected chi connectivity index (χ4v) is 11.3. The number of unbranched alkanes of at least 4 members (excludes halogenated alkanes) is 10. The highest BCUT2D eigenvalue weighted by Crippen LogP contribution is 2.29. The number of esters is 2. The first-order valence-corrected chi connectivity index (χ1v) is 27.2. The van der Waals surface area contributed by atoms with Gasteiger partial charge in [-0.05, 0) is 94.6 Å². The summed E-state index contributed by atoms with van der Waals surface area (Å²) in [4.78, 5) is 27.8. The number of thioether (sulfide) groups is 2. The summed E-state index contributed by atoms with van der Waals surface area (Å²) in [5.74, 6) is 5.50. The molecule has 0 aromatic heterocycles. The molecule has 0 heterocycles. The van der Waals surface area contributed by atoms with E-state index in [0.29, 0.717) is 25.4 Å². The molecule has 342 valence electrons. The molecule has 0 radical (unpaired) electrons. The van der Waals surface area contributed by atoms with Crippen molar-refractivity contribution in [2.45, 2.75) is 244 Å². The fraction of sp³-hybridized carbons (Fsp3) is 0.959. The minimum Gasteiger partial charge on any atom is -0.461 e. The van der Waals surface area contributed by atoms with E-state index in [9.17, 15) is 19.8 Å². The van der Waals surface area contributed by atoms with Gasteiger partial charge in [-0.3, -0.25) is 9.59 Å². The molecule has 2 fully saturated rings. The Hall–Kier alpha value is -0.480. The lowest BCUT2D eigenvalue weighted by molar-refractivity contribution is -0.149. The molecule has 0 aromatic rings. The molecule has 2 saturated carbocycles. The predicted octanol–water partition coefficient (Wildman–Crippen LogP) is 12.7. The van der Waals surface area contributed by atoms with Gasteiger partial charge < -0.3 is 24.6 Å². The van der Waals surface area contributed by atoms with E-state index < -0.39 is 6.10 Å². The first-order valence-electron chi connectivity index (χ1n) is 24.9. The molecule has 0 amide bonds. The number of carbonyl (C=O) groups excluding carboxylic acids is 2. The van der Waals surface area contributed by atoms with Gasteiger partial charge in [0.05, 0.1) is 12.7 Å². The number of hydrogen-bond acceptors (Lipinski definition) is 9. The van der Waals surface area contributed by atoms with Crippen LogP contribution in [0, 0.1) is 11.8 Å². The summed E-state index contributed by atoms with van der Waals surface area (Å²) in [5, 5.41) is 19.7. The Morgan fingerprint density at radius 3 is 1.43 bits per heavy atom. The Labute approximate surface area is 366 Å². The quantitative estimate of drug-likeness (QED) is 0.0465. The van der Waals surface area contributed by atoms with Crippen LogP contribution in [0.15, 0.2) is 0 Å². The Kier molecular flexibility index (Phi) is 34.3. The zero-order valence-corrected chi connectivity index (χ0v) is 39.8. The van der Waals surface area contributed by atoms with Gasteiger partial charge in [-0.2, -0.15) is 23.5 Å². The summed E-state index contributed by atoms with van der Waals surface area (Å²) in [7, 11) is 2.10. The Bertz CT molecular complexity index is 895. The zero-order valence-electron chi connectivity index (χ0n) is 38.1. The molecule has 0 saturated heterocycles. The minimum absolute atomic E-state index is 0.0198. The van der Waals surface area contributed by atoms with Crippen LogP contribution in [0.1, 0.15) is 219 Å². The monoisotopic (exact) mass is 856 g/mol. The van der Waals surface area contributed by atoms with Crippen LogP contribution in [-0.4, -0.2) is 94.6 Å². The Morgan fingerprint density at radius 1 is 0.603 bits per heavy atom. The van der Waals surface area contributed by atoms with E-state index >= 15 is 0 Å². The molecule has 0 spiro atoms. The highest BCUT2D eigenvalue weighted by atomic mass is 32.2. The predicted molar refractivity (Wildman–Crippen MR) is 250 cm³/mol. The van der Waals surface area contributed by atoms with Gasteiger partial charge in [-0.1, -0.05) is 142 Å². The highest BCUT2D eigenvalue weighted by Gasteiger charge is 2.21. The molecule has 2 aliphatic carbocycles. The molecule has 2 aliphatic rings. The van der Waals surface area contributed by atoms with Crippen LogP contribution in [0.2, 0.25) is 0 Å². The highest BCUT2D eigenvalue weighted by molar-refractivity contribution is 7.99. The maximum absolute atomic E-state index is 12.8. The summed E-state index contributed by atoms with van der Waals surface area (Å²) >= 11 is 3.91. The molecule has 0 aliphatic heterocycles. The van der Waals surface area contributed by atoms with Crippen LogP contribution in [0.4, 0.5) is 0 Å². The lowest BCUT2D eigenvalue weighted by atomic mass is 9.86. The van der Waals surface area contributed by atoms with Gasteiger partial charge in [0.15, 0.2) is 0 Å². The van der Waals surface area contributed by atoms with Crippen molar-refractivity contribution in [3.8, 4) is 0 Å². The average Bonchev–Trinajstić information content (AvgIpc) is 3.24. The van der Waals surface area contributed by atoms with Crippen molar-refractivity contribution < 1.29 is 29.3 Å². The van der Waals surface area contributed by atoms with Crippen molar-refractivity contribution in [3.05, 3.63) is 0 Å². The molecular weight excluding hydrogens is 763 g/mol. The van der Waals surface area contributed by atoms with Crippen molar-refractivity contribution in [2.24, 2.45) is 11.8 Å². The number of hydrogen-bond donors (Lipinski definition) is 2. The summed E-state index contributed by atoms with van der Waals surface area (Å²) < 4.78 is 12.1. The summed E-state index contributed by atoms with van der Waals surface area (Å²) in [5.41, 5.74) is 0. The first-order chi connectivity index (χ1) is 28.3. The van der Waals surface area contributed by atoms with Crippen LogP contribution in [-0.2, 0) is 19.1 Å². The van der Waals surface area contributed by atoms with Gasteiger partial charge in [-0.25, -0.2) is 0 Å². The number of likely N-dealkylation sites (N-methyl/N-ethyl adjacent to an activating group) is 1. The topological polar surface area (TPSA) is 96.3 Å². The van der Waals surface area contributed by atoms with Crippen molar-refractivity contribution in [2.75, 3.05) is 43.2 Å². The summed E-state index contributed by atoms with van der Waals surface area (Å²) in [6.45, 7) is 4.79. The largest absolute Gasteiger partial charge is 0.461 e. The number of rotatable bonds is 38. The van der Waals surface area contributed by atoms with Crippen LogP contribution >= 0.6 is 23.5 Å². The summed E-state index contributed by atoms with van der Waals surface area (Å²) in [6.07, 6.45) is 36.6. The minimum atomic E-state index is -0.701. The van der Waals surface area contributed by atoms with Gasteiger partial charge in [0.2, 0.25) is 0 Å². The second-order valence-electron chi connectivity index (χ2n) is 18.3. The number of aliphatic hydroxyl groups excluding tert-OH is 2. The van der Waals surface area contributed by atoms with Gasteiger partial charge in [0, 0.05) is 36.9 Å². The van der Waals surface area contributed by atoms with Crippen molar-refractivity contribution in [3.63, 3.8) is 0 Å². The molecular formula is C49H93NO6S2. The third-order valence-electron chi connectivity index (χ3n) is 12.9. The third kappa shape index (κ3) is 28.9. The van der Waals surface area contributed by atoms with Crippen LogP contribution in [0.25, 0.3) is 0 Å². The van der Waals surface area contributed by atoms with Gasteiger partial charge in [0.25, 0.3) is 0 Å². The second-order valence-corrected chi connectivity index (χ2v) is 20.6.